The number of hydrogen-bond donors (Lipinski definition) is 1. The minimum absolute atomic E-state index is 0.00761. The highest BCUT2D eigenvalue weighted by Gasteiger charge is 2.27. The van der Waals surface area contributed by atoms with Gasteiger partial charge in [-0.2, -0.15) is 5.26 Å². The molecule has 3 heteroatoms. The van der Waals surface area contributed by atoms with Crippen molar-refractivity contribution in [2.45, 2.75) is 25.3 Å². The number of benzene rings is 1. The van der Waals surface area contributed by atoms with Gasteiger partial charge in [0.05, 0.1) is 23.8 Å². The number of anilines is 1. The van der Waals surface area contributed by atoms with Gasteiger partial charge in [-0.15, -0.1) is 0 Å². The fourth-order valence-corrected chi connectivity index (χ4v) is 2.05. The van der Waals surface area contributed by atoms with E-state index in [1.54, 1.807) is 0 Å². The van der Waals surface area contributed by atoms with Gasteiger partial charge in [0.15, 0.2) is 0 Å². The van der Waals surface area contributed by atoms with E-state index in [1.165, 1.54) is 0 Å². The first-order valence-corrected chi connectivity index (χ1v) is 5.58. The second-order valence-electron chi connectivity index (χ2n) is 4.53. The third-order valence-corrected chi connectivity index (χ3v) is 2.88. The summed E-state index contributed by atoms with van der Waals surface area (Å²) in [5, 5.41) is 12.3. The van der Waals surface area contributed by atoms with Crippen LogP contribution in [-0.4, -0.2) is 18.8 Å². The quantitative estimate of drug-likeness (QED) is 0.826. The minimum atomic E-state index is -0.00761. The van der Waals surface area contributed by atoms with E-state index in [0.29, 0.717) is 5.56 Å². The van der Waals surface area contributed by atoms with Crippen molar-refractivity contribution in [3.05, 3.63) is 29.8 Å². The first-order valence-electron chi connectivity index (χ1n) is 5.58. The number of hydrogen-bond acceptors (Lipinski definition) is 3. The smallest absolute Gasteiger partial charge is 0.0992 e. The van der Waals surface area contributed by atoms with E-state index < -0.39 is 0 Å². The van der Waals surface area contributed by atoms with Crippen LogP contribution in [0.25, 0.3) is 0 Å². The molecule has 0 aromatic heterocycles. The van der Waals surface area contributed by atoms with Gasteiger partial charge >= 0.3 is 0 Å². The van der Waals surface area contributed by atoms with E-state index in [2.05, 4.69) is 18.3 Å². The summed E-state index contributed by atoms with van der Waals surface area (Å²) in [7, 11) is 0. The Labute approximate surface area is 96.0 Å². The van der Waals surface area contributed by atoms with Crippen molar-refractivity contribution < 1.29 is 4.74 Å². The molecule has 1 unspecified atom stereocenters. The molecule has 1 aromatic carbocycles. The maximum Gasteiger partial charge on any atom is 0.0992 e. The van der Waals surface area contributed by atoms with E-state index >= 15 is 0 Å². The lowest BCUT2D eigenvalue weighted by Gasteiger charge is -2.35. The van der Waals surface area contributed by atoms with Crippen molar-refractivity contribution in [2.75, 3.05) is 18.5 Å². The second-order valence-corrected chi connectivity index (χ2v) is 4.53. The molecule has 1 aromatic rings. The first kappa shape index (κ1) is 11.0. The van der Waals surface area contributed by atoms with Crippen LogP contribution in [0.5, 0.6) is 0 Å². The zero-order valence-corrected chi connectivity index (χ0v) is 9.49. The van der Waals surface area contributed by atoms with Crippen LogP contribution < -0.4 is 5.32 Å². The van der Waals surface area contributed by atoms with Crippen LogP contribution in [0.15, 0.2) is 24.3 Å². The topological polar surface area (TPSA) is 45.0 Å². The van der Waals surface area contributed by atoms with Crippen LogP contribution in [0.1, 0.15) is 25.3 Å². The Morgan fingerprint density at radius 2 is 2.38 bits per heavy atom. The maximum atomic E-state index is 8.83. The van der Waals surface area contributed by atoms with Crippen LogP contribution in [0, 0.1) is 11.3 Å². The SMILES string of the molecule is CC1(Nc2cccc(C#N)c2)CCCOC1. The van der Waals surface area contributed by atoms with E-state index in [0.717, 1.165) is 31.7 Å². The third kappa shape index (κ3) is 2.53. The molecule has 1 heterocycles. The maximum absolute atomic E-state index is 8.83. The molecule has 84 valence electrons. The summed E-state index contributed by atoms with van der Waals surface area (Å²) in [6.45, 7) is 3.74. The molecule has 0 saturated carbocycles. The van der Waals surface area contributed by atoms with Gasteiger partial charge in [-0.1, -0.05) is 6.07 Å². The van der Waals surface area contributed by atoms with Gasteiger partial charge in [0.2, 0.25) is 0 Å². The fraction of sp³-hybridized carbons (Fsp3) is 0.462. The van der Waals surface area contributed by atoms with Crippen molar-refractivity contribution in [2.24, 2.45) is 0 Å². The highest BCUT2D eigenvalue weighted by Crippen LogP contribution is 2.24. The monoisotopic (exact) mass is 216 g/mol. The molecule has 1 atom stereocenters. The molecule has 1 aliphatic heterocycles. The van der Waals surface area contributed by atoms with Crippen LogP contribution in [-0.2, 0) is 4.74 Å². The summed E-state index contributed by atoms with van der Waals surface area (Å²) in [6.07, 6.45) is 2.19. The molecule has 2 rings (SSSR count). The lowest BCUT2D eigenvalue weighted by atomic mass is 9.94. The fourth-order valence-electron chi connectivity index (χ4n) is 2.05. The molecule has 0 amide bonds. The summed E-state index contributed by atoms with van der Waals surface area (Å²) < 4.78 is 5.49. The number of nitriles is 1. The molecule has 1 N–H and O–H groups in total. The van der Waals surface area contributed by atoms with Gasteiger partial charge in [0.1, 0.15) is 0 Å². The molecule has 0 radical (unpaired) electrons. The zero-order valence-electron chi connectivity index (χ0n) is 9.49. The Bertz CT molecular complexity index is 403. The number of nitrogens with one attached hydrogen (secondary N) is 1. The zero-order chi connectivity index (χ0) is 11.4. The normalized spacial score (nSPS) is 24.8. The Morgan fingerprint density at radius 3 is 3.06 bits per heavy atom. The van der Waals surface area contributed by atoms with Gasteiger partial charge in [-0.05, 0) is 38.0 Å². The van der Waals surface area contributed by atoms with Crippen molar-refractivity contribution in [3.8, 4) is 6.07 Å². The van der Waals surface area contributed by atoms with Crippen molar-refractivity contribution in [1.82, 2.24) is 0 Å². The van der Waals surface area contributed by atoms with Gasteiger partial charge in [-0.3, -0.25) is 0 Å². The molecular weight excluding hydrogens is 200 g/mol. The van der Waals surface area contributed by atoms with Gasteiger partial charge in [0, 0.05) is 12.3 Å². The molecule has 1 saturated heterocycles. The molecule has 0 spiro atoms. The van der Waals surface area contributed by atoms with Crippen molar-refractivity contribution in [1.29, 1.82) is 5.26 Å². The van der Waals surface area contributed by atoms with Crippen LogP contribution in [0.3, 0.4) is 0 Å². The minimum Gasteiger partial charge on any atom is -0.379 e. The van der Waals surface area contributed by atoms with Gasteiger partial charge in [0.25, 0.3) is 0 Å². The van der Waals surface area contributed by atoms with Crippen LogP contribution >= 0.6 is 0 Å². The Hall–Kier alpha value is -1.53. The third-order valence-electron chi connectivity index (χ3n) is 2.88. The molecule has 3 nitrogen and oxygen atoms in total. The van der Waals surface area contributed by atoms with E-state index in [-0.39, 0.29) is 5.54 Å². The number of nitrogens with zero attached hydrogens (tertiary/aromatic N) is 1. The Balaban J connectivity index is 2.10. The van der Waals surface area contributed by atoms with Crippen LogP contribution in [0.2, 0.25) is 0 Å². The lowest BCUT2D eigenvalue weighted by molar-refractivity contribution is 0.0540. The summed E-state index contributed by atoms with van der Waals surface area (Å²) >= 11 is 0. The Kier molecular flexibility index (Phi) is 3.12. The molecule has 1 fully saturated rings. The highest BCUT2D eigenvalue weighted by molar-refractivity contribution is 5.50. The average molecular weight is 216 g/mol. The summed E-state index contributed by atoms with van der Waals surface area (Å²) in [5.41, 5.74) is 1.67. The van der Waals surface area contributed by atoms with E-state index in [1.807, 2.05) is 24.3 Å². The number of rotatable bonds is 2. The summed E-state index contributed by atoms with van der Waals surface area (Å²) in [5.74, 6) is 0. The summed E-state index contributed by atoms with van der Waals surface area (Å²) in [6, 6.07) is 9.71. The molecule has 16 heavy (non-hydrogen) atoms. The van der Waals surface area contributed by atoms with Gasteiger partial charge < -0.3 is 10.1 Å². The van der Waals surface area contributed by atoms with Crippen molar-refractivity contribution >= 4 is 5.69 Å². The standard InChI is InChI=1S/C13H16N2O/c1-13(6-3-7-16-10-13)15-12-5-2-4-11(8-12)9-14/h2,4-5,8,15H,3,6-7,10H2,1H3. The second kappa shape index (κ2) is 4.54. The van der Waals surface area contributed by atoms with Gasteiger partial charge in [-0.25, -0.2) is 0 Å². The van der Waals surface area contributed by atoms with Crippen LogP contribution in [0.4, 0.5) is 5.69 Å². The molecule has 1 aliphatic rings. The van der Waals surface area contributed by atoms with E-state index in [4.69, 9.17) is 10.00 Å². The molecule has 0 bridgehead atoms. The predicted molar refractivity (Wildman–Crippen MR) is 63.2 cm³/mol. The molecular formula is C13H16N2O. The van der Waals surface area contributed by atoms with E-state index in [9.17, 15) is 0 Å². The molecule has 0 aliphatic carbocycles. The summed E-state index contributed by atoms with van der Waals surface area (Å²) in [4.78, 5) is 0. The lowest BCUT2D eigenvalue weighted by Crippen LogP contribution is -2.43. The highest BCUT2D eigenvalue weighted by atomic mass is 16.5. The number of ether oxygens (including phenoxy) is 1. The van der Waals surface area contributed by atoms with Crippen molar-refractivity contribution in [3.63, 3.8) is 0 Å². The predicted octanol–water partition coefficient (Wildman–Crippen LogP) is 2.54. The average Bonchev–Trinajstić information content (AvgIpc) is 2.29. The first-order chi connectivity index (χ1) is 7.72. The Morgan fingerprint density at radius 1 is 1.50 bits per heavy atom. The largest absolute Gasteiger partial charge is 0.379 e.